The SMILES string of the molecule is CC(C)NCc1cn(CCN2CCOCC2(C)C)nn1. The van der Waals surface area contributed by atoms with Crippen molar-refractivity contribution in [3.63, 3.8) is 0 Å². The maximum Gasteiger partial charge on any atom is 0.0964 e. The second kappa shape index (κ2) is 6.65. The molecule has 1 aliphatic rings. The lowest BCUT2D eigenvalue weighted by molar-refractivity contribution is -0.0524. The first kappa shape index (κ1) is 15.4. The van der Waals surface area contributed by atoms with Gasteiger partial charge in [-0.15, -0.1) is 5.10 Å². The van der Waals surface area contributed by atoms with Crippen LogP contribution in [0.3, 0.4) is 0 Å². The van der Waals surface area contributed by atoms with E-state index in [1.807, 2.05) is 10.9 Å². The maximum absolute atomic E-state index is 5.54. The third-order valence-electron chi connectivity index (χ3n) is 3.69. The zero-order chi connectivity index (χ0) is 14.6. The summed E-state index contributed by atoms with van der Waals surface area (Å²) in [5.74, 6) is 0. The average Bonchev–Trinajstić information content (AvgIpc) is 2.82. The highest BCUT2D eigenvalue weighted by Crippen LogP contribution is 2.18. The highest BCUT2D eigenvalue weighted by Gasteiger charge is 2.29. The number of rotatable bonds is 6. The quantitative estimate of drug-likeness (QED) is 0.839. The van der Waals surface area contributed by atoms with Crippen LogP contribution < -0.4 is 5.32 Å². The van der Waals surface area contributed by atoms with E-state index in [9.17, 15) is 0 Å². The van der Waals surface area contributed by atoms with Gasteiger partial charge in [-0.2, -0.15) is 0 Å². The normalized spacial score (nSPS) is 19.6. The van der Waals surface area contributed by atoms with E-state index in [1.54, 1.807) is 0 Å². The molecule has 0 atom stereocenters. The fourth-order valence-electron chi connectivity index (χ4n) is 2.37. The lowest BCUT2D eigenvalue weighted by Gasteiger charge is -2.42. The highest BCUT2D eigenvalue weighted by molar-refractivity contribution is 4.92. The van der Waals surface area contributed by atoms with Gasteiger partial charge >= 0.3 is 0 Å². The summed E-state index contributed by atoms with van der Waals surface area (Å²) in [5, 5.41) is 11.7. The summed E-state index contributed by atoms with van der Waals surface area (Å²) >= 11 is 0. The lowest BCUT2D eigenvalue weighted by atomic mass is 10.0. The van der Waals surface area contributed by atoms with E-state index in [-0.39, 0.29) is 5.54 Å². The van der Waals surface area contributed by atoms with E-state index in [4.69, 9.17) is 4.74 Å². The predicted octanol–water partition coefficient (Wildman–Crippen LogP) is 0.887. The van der Waals surface area contributed by atoms with Gasteiger partial charge in [-0.1, -0.05) is 19.1 Å². The Morgan fingerprint density at radius 2 is 2.20 bits per heavy atom. The molecule has 0 aliphatic carbocycles. The van der Waals surface area contributed by atoms with Gasteiger partial charge in [0.25, 0.3) is 0 Å². The molecule has 0 unspecified atom stereocenters. The second-order valence-corrected chi connectivity index (χ2v) is 6.36. The molecule has 114 valence electrons. The Labute approximate surface area is 121 Å². The van der Waals surface area contributed by atoms with Gasteiger partial charge in [0.2, 0.25) is 0 Å². The van der Waals surface area contributed by atoms with Crippen LogP contribution in [0.4, 0.5) is 0 Å². The minimum Gasteiger partial charge on any atom is -0.378 e. The molecule has 6 nitrogen and oxygen atoms in total. The van der Waals surface area contributed by atoms with Crippen molar-refractivity contribution in [3.8, 4) is 0 Å². The Morgan fingerprint density at radius 1 is 1.40 bits per heavy atom. The van der Waals surface area contributed by atoms with Crippen molar-refractivity contribution in [3.05, 3.63) is 11.9 Å². The van der Waals surface area contributed by atoms with Crippen molar-refractivity contribution in [2.24, 2.45) is 0 Å². The van der Waals surface area contributed by atoms with Crippen molar-refractivity contribution >= 4 is 0 Å². The smallest absolute Gasteiger partial charge is 0.0964 e. The first-order valence-electron chi connectivity index (χ1n) is 7.42. The van der Waals surface area contributed by atoms with Crippen LogP contribution >= 0.6 is 0 Å². The van der Waals surface area contributed by atoms with E-state index in [0.717, 1.165) is 45.1 Å². The molecule has 1 aliphatic heterocycles. The number of hydrogen-bond donors (Lipinski definition) is 1. The molecule has 1 fully saturated rings. The van der Waals surface area contributed by atoms with E-state index in [2.05, 4.69) is 48.2 Å². The Hall–Kier alpha value is -0.980. The molecular weight excluding hydrogens is 254 g/mol. The zero-order valence-corrected chi connectivity index (χ0v) is 13.1. The highest BCUT2D eigenvalue weighted by atomic mass is 16.5. The van der Waals surface area contributed by atoms with Crippen LogP contribution in [0.25, 0.3) is 0 Å². The first-order valence-corrected chi connectivity index (χ1v) is 7.42. The fraction of sp³-hybridized carbons (Fsp3) is 0.857. The second-order valence-electron chi connectivity index (χ2n) is 6.36. The molecule has 0 saturated carbocycles. The van der Waals surface area contributed by atoms with E-state index in [0.29, 0.717) is 6.04 Å². The van der Waals surface area contributed by atoms with Crippen molar-refractivity contribution in [1.82, 2.24) is 25.2 Å². The number of hydrogen-bond acceptors (Lipinski definition) is 5. The molecule has 2 heterocycles. The molecule has 1 saturated heterocycles. The largest absolute Gasteiger partial charge is 0.378 e. The molecule has 2 rings (SSSR count). The van der Waals surface area contributed by atoms with Crippen LogP contribution in [0.1, 0.15) is 33.4 Å². The topological polar surface area (TPSA) is 55.2 Å². The molecule has 0 spiro atoms. The summed E-state index contributed by atoms with van der Waals surface area (Å²) in [4.78, 5) is 2.46. The third kappa shape index (κ3) is 4.26. The molecule has 1 aromatic heterocycles. The molecule has 20 heavy (non-hydrogen) atoms. The number of ether oxygens (including phenoxy) is 1. The van der Waals surface area contributed by atoms with Crippen molar-refractivity contribution < 1.29 is 4.74 Å². The van der Waals surface area contributed by atoms with Gasteiger partial charge in [0.05, 0.1) is 25.5 Å². The van der Waals surface area contributed by atoms with E-state index < -0.39 is 0 Å². The van der Waals surface area contributed by atoms with E-state index in [1.165, 1.54) is 0 Å². The Kier molecular flexibility index (Phi) is 5.12. The summed E-state index contributed by atoms with van der Waals surface area (Å²) in [5.41, 5.74) is 1.11. The number of nitrogens with zero attached hydrogens (tertiary/aromatic N) is 4. The van der Waals surface area contributed by atoms with E-state index >= 15 is 0 Å². The standard InChI is InChI=1S/C14H27N5O/c1-12(2)15-9-13-10-19(17-16-13)6-5-18-7-8-20-11-14(18,3)4/h10,12,15H,5-9,11H2,1-4H3. The van der Waals surface area contributed by atoms with Gasteiger partial charge in [0.1, 0.15) is 0 Å². The molecule has 0 radical (unpaired) electrons. The number of aromatic nitrogens is 3. The fourth-order valence-corrected chi connectivity index (χ4v) is 2.37. The molecule has 1 N–H and O–H groups in total. The Morgan fingerprint density at radius 3 is 2.90 bits per heavy atom. The summed E-state index contributed by atoms with van der Waals surface area (Å²) < 4.78 is 7.47. The number of morpholine rings is 1. The van der Waals surface area contributed by atoms with Gasteiger partial charge in [0, 0.05) is 37.4 Å². The van der Waals surface area contributed by atoms with Crippen molar-refractivity contribution in [1.29, 1.82) is 0 Å². The third-order valence-corrected chi connectivity index (χ3v) is 3.69. The van der Waals surface area contributed by atoms with Crippen LogP contribution in [0.2, 0.25) is 0 Å². The van der Waals surface area contributed by atoms with Crippen molar-refractivity contribution in [2.75, 3.05) is 26.3 Å². The summed E-state index contributed by atoms with van der Waals surface area (Å²) in [6, 6.07) is 0.467. The van der Waals surface area contributed by atoms with Crippen molar-refractivity contribution in [2.45, 2.75) is 52.4 Å². The van der Waals surface area contributed by atoms with Gasteiger partial charge in [0.15, 0.2) is 0 Å². The number of nitrogens with one attached hydrogen (secondary N) is 1. The van der Waals surface area contributed by atoms with Gasteiger partial charge in [-0.3, -0.25) is 9.58 Å². The lowest BCUT2D eigenvalue weighted by Crippen LogP contribution is -2.53. The zero-order valence-electron chi connectivity index (χ0n) is 13.1. The van der Waals surface area contributed by atoms with Crippen LogP contribution in [-0.4, -0.2) is 57.8 Å². The summed E-state index contributed by atoms with van der Waals surface area (Å²) in [6.45, 7) is 14.0. The van der Waals surface area contributed by atoms with Gasteiger partial charge in [-0.25, -0.2) is 0 Å². The maximum atomic E-state index is 5.54. The minimum absolute atomic E-state index is 0.112. The van der Waals surface area contributed by atoms with Gasteiger partial charge in [-0.05, 0) is 13.8 Å². The monoisotopic (exact) mass is 281 g/mol. The first-order chi connectivity index (χ1) is 9.47. The van der Waals surface area contributed by atoms with Crippen LogP contribution in [0.15, 0.2) is 6.20 Å². The minimum atomic E-state index is 0.112. The molecule has 0 bridgehead atoms. The Balaban J connectivity index is 1.81. The van der Waals surface area contributed by atoms with Crippen LogP contribution in [0, 0.1) is 0 Å². The van der Waals surface area contributed by atoms with Crippen LogP contribution in [0.5, 0.6) is 0 Å². The molecule has 6 heteroatoms. The van der Waals surface area contributed by atoms with Crippen LogP contribution in [-0.2, 0) is 17.8 Å². The summed E-state index contributed by atoms with van der Waals surface area (Å²) in [6.07, 6.45) is 2.03. The Bertz CT molecular complexity index is 415. The molecule has 0 aromatic carbocycles. The molecule has 1 aromatic rings. The van der Waals surface area contributed by atoms with Gasteiger partial charge < -0.3 is 10.1 Å². The molecule has 0 amide bonds. The molecular formula is C14H27N5O. The average molecular weight is 281 g/mol. The predicted molar refractivity (Wildman–Crippen MR) is 78.5 cm³/mol. The summed E-state index contributed by atoms with van der Waals surface area (Å²) in [7, 11) is 0.